The second-order valence-corrected chi connectivity index (χ2v) is 5.29. The molecule has 1 fully saturated rings. The smallest absolute Gasteiger partial charge is 0.123 e. The molecule has 21 heavy (non-hydrogen) atoms. The number of rotatable bonds is 4. The van der Waals surface area contributed by atoms with Crippen LogP contribution in [0.4, 0.5) is 0 Å². The number of piperazine rings is 1. The largest absolute Gasteiger partial charge is 0.347 e. The lowest BCUT2D eigenvalue weighted by molar-refractivity contribution is 0.166. The number of nitrogens with one attached hydrogen (secondary N) is 2. The van der Waals surface area contributed by atoms with E-state index in [-0.39, 0.29) is 6.04 Å². The Balaban J connectivity index is 1.79. The molecule has 1 aromatic carbocycles. The fourth-order valence-electron chi connectivity index (χ4n) is 2.79. The van der Waals surface area contributed by atoms with E-state index in [9.17, 15) is 0 Å². The first kappa shape index (κ1) is 13.8. The zero-order chi connectivity index (χ0) is 14.5. The van der Waals surface area contributed by atoms with Crippen molar-refractivity contribution in [2.75, 3.05) is 26.2 Å². The molecule has 1 aromatic heterocycles. The van der Waals surface area contributed by atoms with E-state index in [1.54, 1.807) is 0 Å². The molecule has 0 spiro atoms. The number of aromatic nitrogens is 2. The van der Waals surface area contributed by atoms with Gasteiger partial charge in [-0.25, -0.2) is 4.98 Å². The molecule has 108 valence electrons. The van der Waals surface area contributed by atoms with Gasteiger partial charge in [0.2, 0.25) is 0 Å². The van der Waals surface area contributed by atoms with Gasteiger partial charge in [0.05, 0.1) is 17.7 Å². The Kier molecular flexibility index (Phi) is 4.29. The Bertz CT molecular complexity index is 591. The average molecular weight is 281 g/mol. The van der Waals surface area contributed by atoms with Crippen molar-refractivity contribution >= 4 is 0 Å². The quantitative estimate of drug-likeness (QED) is 0.890. The lowest BCUT2D eigenvalue weighted by Gasteiger charge is -2.34. The Morgan fingerprint density at radius 3 is 2.62 bits per heavy atom. The number of H-pyrrole nitrogens is 1. The number of benzene rings is 1. The molecule has 0 aliphatic carbocycles. The highest BCUT2D eigenvalue weighted by Gasteiger charge is 2.24. The first-order valence-corrected chi connectivity index (χ1v) is 7.30. The first-order chi connectivity index (χ1) is 10.4. The molecule has 1 aliphatic heterocycles. The van der Waals surface area contributed by atoms with E-state index >= 15 is 0 Å². The van der Waals surface area contributed by atoms with Gasteiger partial charge >= 0.3 is 0 Å². The highest BCUT2D eigenvalue weighted by atomic mass is 15.2. The van der Waals surface area contributed by atoms with Gasteiger partial charge in [-0.3, -0.25) is 4.90 Å². The third kappa shape index (κ3) is 3.30. The summed E-state index contributed by atoms with van der Waals surface area (Å²) in [5, 5.41) is 12.3. The van der Waals surface area contributed by atoms with E-state index in [4.69, 9.17) is 5.26 Å². The van der Waals surface area contributed by atoms with E-state index in [2.05, 4.69) is 26.3 Å². The standard InChI is InChI=1S/C16H19N5/c17-12-14-3-1-13(2-4-14)11-15(16-19-5-6-20-16)21-9-7-18-8-10-21/h1-6,15,18H,7-11H2,(H,19,20). The van der Waals surface area contributed by atoms with Crippen LogP contribution < -0.4 is 5.32 Å². The summed E-state index contributed by atoms with van der Waals surface area (Å²) in [7, 11) is 0. The highest BCUT2D eigenvalue weighted by molar-refractivity contribution is 5.32. The molecule has 0 saturated carbocycles. The molecule has 1 aliphatic rings. The molecule has 3 rings (SSSR count). The molecule has 2 heterocycles. The lowest BCUT2D eigenvalue weighted by atomic mass is 10.0. The SMILES string of the molecule is N#Cc1ccc(CC(c2ncc[nH]2)N2CCNCC2)cc1. The van der Waals surface area contributed by atoms with E-state index in [1.165, 1.54) is 5.56 Å². The first-order valence-electron chi connectivity index (χ1n) is 7.30. The predicted molar refractivity (Wildman–Crippen MR) is 80.6 cm³/mol. The second kappa shape index (κ2) is 6.53. The third-order valence-electron chi connectivity index (χ3n) is 3.94. The molecule has 5 nitrogen and oxygen atoms in total. The van der Waals surface area contributed by atoms with E-state index in [0.29, 0.717) is 5.56 Å². The zero-order valence-corrected chi connectivity index (χ0v) is 11.9. The maximum Gasteiger partial charge on any atom is 0.123 e. The number of hydrogen-bond donors (Lipinski definition) is 2. The van der Waals surface area contributed by atoms with Crippen LogP contribution in [0, 0.1) is 11.3 Å². The molecule has 0 bridgehead atoms. The molecule has 2 aromatic rings. The van der Waals surface area contributed by atoms with E-state index < -0.39 is 0 Å². The maximum atomic E-state index is 8.88. The minimum atomic E-state index is 0.259. The fraction of sp³-hybridized carbons (Fsp3) is 0.375. The van der Waals surface area contributed by atoms with Crippen LogP contribution in [0.15, 0.2) is 36.7 Å². The van der Waals surface area contributed by atoms with Crippen LogP contribution in [0.2, 0.25) is 0 Å². The third-order valence-corrected chi connectivity index (χ3v) is 3.94. The normalized spacial score (nSPS) is 17.3. The van der Waals surface area contributed by atoms with E-state index in [0.717, 1.165) is 38.4 Å². The summed E-state index contributed by atoms with van der Waals surface area (Å²) in [5.41, 5.74) is 1.93. The van der Waals surface area contributed by atoms with Crippen molar-refractivity contribution in [1.82, 2.24) is 20.2 Å². The molecule has 5 heteroatoms. The number of aromatic amines is 1. The van der Waals surface area contributed by atoms with Gasteiger partial charge in [0, 0.05) is 38.6 Å². The van der Waals surface area contributed by atoms with Gasteiger partial charge in [-0.05, 0) is 24.1 Å². The van der Waals surface area contributed by atoms with Crippen LogP contribution in [-0.4, -0.2) is 41.0 Å². The van der Waals surface area contributed by atoms with Crippen LogP contribution in [0.3, 0.4) is 0 Å². The van der Waals surface area contributed by atoms with Crippen LogP contribution in [0.25, 0.3) is 0 Å². The summed E-state index contributed by atoms with van der Waals surface area (Å²) in [5.74, 6) is 1.02. The topological polar surface area (TPSA) is 67.7 Å². The lowest BCUT2D eigenvalue weighted by Crippen LogP contribution is -2.45. The van der Waals surface area contributed by atoms with Crippen molar-refractivity contribution < 1.29 is 0 Å². The minimum absolute atomic E-state index is 0.259. The van der Waals surface area contributed by atoms with Gasteiger partial charge < -0.3 is 10.3 Å². The van der Waals surface area contributed by atoms with Crippen LogP contribution in [0.5, 0.6) is 0 Å². The Hall–Kier alpha value is -2.16. The van der Waals surface area contributed by atoms with E-state index in [1.807, 2.05) is 36.7 Å². The van der Waals surface area contributed by atoms with Crippen molar-refractivity contribution in [2.45, 2.75) is 12.5 Å². The summed E-state index contributed by atoms with van der Waals surface area (Å²) in [6.07, 6.45) is 4.59. The molecule has 1 saturated heterocycles. The molecule has 0 amide bonds. The number of imidazole rings is 1. The molecule has 0 radical (unpaired) electrons. The van der Waals surface area contributed by atoms with Crippen molar-refractivity contribution in [3.05, 3.63) is 53.6 Å². The molecule has 1 unspecified atom stereocenters. The Morgan fingerprint density at radius 1 is 1.24 bits per heavy atom. The van der Waals surface area contributed by atoms with Crippen LogP contribution >= 0.6 is 0 Å². The summed E-state index contributed by atoms with van der Waals surface area (Å²) < 4.78 is 0. The predicted octanol–water partition coefficient (Wildman–Crippen LogP) is 1.47. The van der Waals surface area contributed by atoms with Gasteiger partial charge in [0.1, 0.15) is 5.82 Å². The molecular formula is C16H19N5. The molecule has 1 atom stereocenters. The zero-order valence-electron chi connectivity index (χ0n) is 11.9. The van der Waals surface area contributed by atoms with Gasteiger partial charge in [0.15, 0.2) is 0 Å². The van der Waals surface area contributed by atoms with Crippen molar-refractivity contribution in [3.63, 3.8) is 0 Å². The fourth-order valence-corrected chi connectivity index (χ4v) is 2.79. The van der Waals surface area contributed by atoms with Gasteiger partial charge in [-0.1, -0.05) is 12.1 Å². The summed E-state index contributed by atoms with van der Waals surface area (Å²) >= 11 is 0. The number of nitrogens with zero attached hydrogens (tertiary/aromatic N) is 3. The van der Waals surface area contributed by atoms with Gasteiger partial charge in [-0.2, -0.15) is 5.26 Å². The average Bonchev–Trinajstić information content (AvgIpc) is 3.08. The minimum Gasteiger partial charge on any atom is -0.347 e. The second-order valence-electron chi connectivity index (χ2n) is 5.29. The monoisotopic (exact) mass is 281 g/mol. The Morgan fingerprint density at radius 2 is 2.00 bits per heavy atom. The van der Waals surface area contributed by atoms with Crippen molar-refractivity contribution in [2.24, 2.45) is 0 Å². The van der Waals surface area contributed by atoms with Crippen molar-refractivity contribution in [1.29, 1.82) is 5.26 Å². The summed E-state index contributed by atoms with van der Waals surface area (Å²) in [4.78, 5) is 10.2. The maximum absolute atomic E-state index is 8.88. The van der Waals surface area contributed by atoms with Gasteiger partial charge in [0.25, 0.3) is 0 Å². The number of hydrogen-bond acceptors (Lipinski definition) is 4. The highest BCUT2D eigenvalue weighted by Crippen LogP contribution is 2.23. The Labute approximate surface area is 124 Å². The summed E-state index contributed by atoms with van der Waals surface area (Å²) in [6.45, 7) is 4.10. The molecular weight excluding hydrogens is 262 g/mol. The van der Waals surface area contributed by atoms with Crippen molar-refractivity contribution in [3.8, 4) is 6.07 Å². The number of nitriles is 1. The van der Waals surface area contributed by atoms with Gasteiger partial charge in [-0.15, -0.1) is 0 Å². The molecule has 2 N–H and O–H groups in total. The van der Waals surface area contributed by atoms with Crippen LogP contribution in [-0.2, 0) is 6.42 Å². The van der Waals surface area contributed by atoms with Crippen LogP contribution in [0.1, 0.15) is 23.0 Å². The summed E-state index contributed by atoms with van der Waals surface area (Å²) in [6, 6.07) is 10.3.